The lowest BCUT2D eigenvalue weighted by atomic mass is 10.0. The van der Waals surface area contributed by atoms with E-state index in [2.05, 4.69) is 232 Å². The van der Waals surface area contributed by atoms with Crippen LogP contribution in [0.15, 0.2) is 176 Å². The van der Waals surface area contributed by atoms with Crippen LogP contribution in [0.5, 0.6) is 11.5 Å². The highest BCUT2D eigenvalue weighted by Gasteiger charge is 2.14. The fraction of sp³-hybridized carbons (Fsp3) is 0.179. The Bertz CT molecular complexity index is 2440. The topological polar surface area (TPSA) is 24.9 Å². The number of hydrogen-bond acceptors (Lipinski definition) is 4. The lowest BCUT2D eigenvalue weighted by molar-refractivity contribution is 0.306. The van der Waals surface area contributed by atoms with E-state index in [-0.39, 0.29) is 0 Å². The summed E-state index contributed by atoms with van der Waals surface area (Å²) in [6.45, 7) is 11.3. The smallest absolute Gasteiger partial charge is 0.127 e. The first-order valence-electron chi connectivity index (χ1n) is 21.3. The third kappa shape index (κ3) is 10.8. The molecule has 0 fully saturated rings. The highest BCUT2D eigenvalue weighted by atomic mass is 16.5. The van der Waals surface area contributed by atoms with Crippen molar-refractivity contribution in [3.05, 3.63) is 209 Å². The van der Waals surface area contributed by atoms with E-state index in [1.165, 1.54) is 27.8 Å². The maximum absolute atomic E-state index is 6.15. The molecule has 0 spiro atoms. The lowest BCUT2D eigenvalue weighted by Crippen LogP contribution is -2.16. The van der Waals surface area contributed by atoms with Crippen LogP contribution in [0, 0.1) is 6.92 Å². The Morgan fingerprint density at radius 2 is 0.867 bits per heavy atom. The summed E-state index contributed by atoms with van der Waals surface area (Å²) in [5.41, 5.74) is 13.9. The second-order valence-corrected chi connectivity index (χ2v) is 15.1. The Hall–Kier alpha value is -6.78. The zero-order valence-electron chi connectivity index (χ0n) is 35.4. The number of anilines is 4. The molecule has 0 amide bonds. The summed E-state index contributed by atoms with van der Waals surface area (Å²) >= 11 is 0. The van der Waals surface area contributed by atoms with Gasteiger partial charge in [0.05, 0.1) is 13.2 Å². The van der Waals surface area contributed by atoms with E-state index >= 15 is 0 Å². The molecule has 0 aromatic heterocycles. The van der Waals surface area contributed by atoms with Crippen molar-refractivity contribution in [2.24, 2.45) is 0 Å². The zero-order chi connectivity index (χ0) is 41.5. The van der Waals surface area contributed by atoms with E-state index in [4.69, 9.17) is 9.47 Å². The van der Waals surface area contributed by atoms with Crippen LogP contribution in [0.2, 0.25) is 0 Å². The minimum atomic E-state index is 0.676. The molecule has 7 aromatic rings. The van der Waals surface area contributed by atoms with Gasteiger partial charge in [-0.25, -0.2) is 0 Å². The van der Waals surface area contributed by atoms with Crippen molar-refractivity contribution in [1.82, 2.24) is 0 Å². The summed E-state index contributed by atoms with van der Waals surface area (Å²) in [6, 6.07) is 61.0. The second-order valence-electron chi connectivity index (χ2n) is 15.1. The Labute approximate surface area is 357 Å². The third-order valence-electron chi connectivity index (χ3n) is 10.5. The van der Waals surface area contributed by atoms with Gasteiger partial charge in [-0.3, -0.25) is 0 Å². The van der Waals surface area contributed by atoms with Crippen molar-refractivity contribution < 1.29 is 9.47 Å². The van der Waals surface area contributed by atoms with Crippen molar-refractivity contribution in [2.75, 3.05) is 23.0 Å². The predicted octanol–water partition coefficient (Wildman–Crippen LogP) is 15.1. The summed E-state index contributed by atoms with van der Waals surface area (Å²) in [4.78, 5) is 4.76. The summed E-state index contributed by atoms with van der Waals surface area (Å²) in [5, 5.41) is 0. The monoisotopic (exact) mass is 788 g/mol. The van der Waals surface area contributed by atoms with Gasteiger partial charge < -0.3 is 19.3 Å². The van der Waals surface area contributed by atoms with Gasteiger partial charge in [0.15, 0.2) is 0 Å². The molecule has 0 saturated heterocycles. The van der Waals surface area contributed by atoms with Crippen molar-refractivity contribution in [3.8, 4) is 22.6 Å². The fourth-order valence-corrected chi connectivity index (χ4v) is 7.28. The molecule has 0 heterocycles. The molecule has 0 radical (unpaired) electrons. The van der Waals surface area contributed by atoms with E-state index in [0.29, 0.717) is 13.2 Å². The van der Waals surface area contributed by atoms with Gasteiger partial charge in [0, 0.05) is 41.4 Å². The summed E-state index contributed by atoms with van der Waals surface area (Å²) in [5.74, 6) is 1.79. The molecule has 0 N–H and O–H groups in total. The number of allylic oxidation sites excluding steroid dienone is 1. The van der Waals surface area contributed by atoms with Crippen LogP contribution in [-0.4, -0.2) is 13.2 Å². The SMILES string of the molecule is CC=Cc1ccc(N(Cc2ccccc2)c2ccc(-c3ccc(N(Cc4ccccc4)c4ccc(C=Cc5cc(OCCC)c(C)cc5OCCC)cc4)cc3)cc2)cc1. The van der Waals surface area contributed by atoms with Crippen LogP contribution in [-0.2, 0) is 13.1 Å². The van der Waals surface area contributed by atoms with Gasteiger partial charge in [-0.15, -0.1) is 0 Å². The number of rotatable bonds is 18. The molecule has 0 bridgehead atoms. The average molecular weight is 789 g/mol. The van der Waals surface area contributed by atoms with Crippen LogP contribution in [0.1, 0.15) is 67.0 Å². The summed E-state index contributed by atoms with van der Waals surface area (Å²) in [7, 11) is 0. The summed E-state index contributed by atoms with van der Waals surface area (Å²) in [6.07, 6.45) is 10.4. The predicted molar refractivity (Wildman–Crippen MR) is 256 cm³/mol. The van der Waals surface area contributed by atoms with Crippen molar-refractivity contribution in [3.63, 3.8) is 0 Å². The third-order valence-corrected chi connectivity index (χ3v) is 10.5. The van der Waals surface area contributed by atoms with E-state index in [0.717, 1.165) is 76.9 Å². The minimum Gasteiger partial charge on any atom is -0.493 e. The summed E-state index contributed by atoms with van der Waals surface area (Å²) < 4.78 is 12.2. The molecule has 4 heteroatoms. The quantitative estimate of drug-likeness (QED) is 0.0809. The van der Waals surface area contributed by atoms with Gasteiger partial charge in [0.2, 0.25) is 0 Å². The van der Waals surface area contributed by atoms with Crippen molar-refractivity contribution >= 4 is 41.0 Å². The van der Waals surface area contributed by atoms with E-state index in [1.54, 1.807) is 0 Å². The van der Waals surface area contributed by atoms with Gasteiger partial charge in [-0.1, -0.05) is 147 Å². The number of hydrogen-bond donors (Lipinski definition) is 0. The number of nitrogens with zero attached hydrogens (tertiary/aromatic N) is 2. The fourth-order valence-electron chi connectivity index (χ4n) is 7.28. The van der Waals surface area contributed by atoms with Gasteiger partial charge in [-0.2, -0.15) is 0 Å². The van der Waals surface area contributed by atoms with Crippen LogP contribution in [0.4, 0.5) is 22.7 Å². The van der Waals surface area contributed by atoms with Crippen LogP contribution in [0.25, 0.3) is 29.4 Å². The van der Waals surface area contributed by atoms with Crippen LogP contribution >= 0.6 is 0 Å². The highest BCUT2D eigenvalue weighted by Crippen LogP contribution is 2.35. The van der Waals surface area contributed by atoms with Crippen LogP contribution < -0.4 is 19.3 Å². The van der Waals surface area contributed by atoms with E-state index in [1.807, 2.05) is 0 Å². The number of ether oxygens (including phenoxy) is 2. The minimum absolute atomic E-state index is 0.676. The number of benzene rings is 7. The molecule has 0 aliphatic carbocycles. The first-order chi connectivity index (χ1) is 29.5. The largest absolute Gasteiger partial charge is 0.493 e. The molecule has 302 valence electrons. The Morgan fingerprint density at radius 3 is 1.30 bits per heavy atom. The van der Waals surface area contributed by atoms with Crippen LogP contribution in [0.3, 0.4) is 0 Å². The average Bonchev–Trinajstić information content (AvgIpc) is 3.30. The van der Waals surface area contributed by atoms with Gasteiger partial charge in [0.1, 0.15) is 11.5 Å². The molecule has 60 heavy (non-hydrogen) atoms. The highest BCUT2D eigenvalue weighted by molar-refractivity contribution is 5.76. The first kappa shape index (κ1) is 41.4. The second kappa shape index (κ2) is 20.8. The molecule has 0 aliphatic rings. The van der Waals surface area contributed by atoms with E-state index in [9.17, 15) is 0 Å². The van der Waals surface area contributed by atoms with Crippen molar-refractivity contribution in [1.29, 1.82) is 0 Å². The lowest BCUT2D eigenvalue weighted by Gasteiger charge is -2.26. The van der Waals surface area contributed by atoms with Gasteiger partial charge in [-0.05, 0) is 126 Å². The molecule has 4 nitrogen and oxygen atoms in total. The Balaban J connectivity index is 1.12. The zero-order valence-corrected chi connectivity index (χ0v) is 35.4. The molecular formula is C56H56N2O2. The first-order valence-corrected chi connectivity index (χ1v) is 21.3. The molecule has 0 aliphatic heterocycles. The maximum atomic E-state index is 6.15. The molecular weight excluding hydrogens is 733 g/mol. The molecule has 7 aromatic carbocycles. The number of aryl methyl sites for hydroxylation is 1. The van der Waals surface area contributed by atoms with Gasteiger partial charge >= 0.3 is 0 Å². The molecule has 0 atom stereocenters. The molecule has 0 saturated carbocycles. The normalized spacial score (nSPS) is 11.3. The standard InChI is InChI=1S/C56H56N2O2/c1-5-14-44-20-29-51(30-21-44)57(41-46-15-10-8-11-16-46)53-33-25-48(26-34-53)49-27-35-54(36-28-49)58(42-47-17-12-9-13-18-47)52-31-22-45(23-32-52)19-24-50-40-55(59-37-6-2)43(4)39-56(50)60-38-7-3/h5,8-36,39-40H,6-7,37-38,41-42H2,1-4H3. The molecule has 0 unspecified atom stereocenters. The molecule has 7 rings (SSSR count). The maximum Gasteiger partial charge on any atom is 0.127 e. The van der Waals surface area contributed by atoms with E-state index < -0.39 is 0 Å². The Morgan fingerprint density at radius 1 is 0.450 bits per heavy atom. The van der Waals surface area contributed by atoms with Gasteiger partial charge in [0.25, 0.3) is 0 Å². The van der Waals surface area contributed by atoms with Crippen molar-refractivity contribution in [2.45, 2.75) is 53.6 Å². The Kier molecular flexibility index (Phi) is 14.3.